The normalized spacial score (nSPS) is 26.7. The molecule has 6 heteroatoms. The van der Waals surface area contributed by atoms with Crippen LogP contribution in [0.3, 0.4) is 0 Å². The number of piperidine rings is 1. The molecule has 2 aliphatic heterocycles. The zero-order chi connectivity index (χ0) is 18.1. The van der Waals surface area contributed by atoms with Crippen LogP contribution in [0.15, 0.2) is 24.3 Å². The summed E-state index contributed by atoms with van der Waals surface area (Å²) < 4.78 is 1.21. The van der Waals surface area contributed by atoms with Gasteiger partial charge in [0.1, 0.15) is 11.0 Å². The molecule has 2 aliphatic rings. The summed E-state index contributed by atoms with van der Waals surface area (Å²) in [5.74, 6) is 0.862. The van der Waals surface area contributed by atoms with E-state index in [1.807, 2.05) is 6.07 Å². The molecule has 3 atom stereocenters. The molecule has 4 rings (SSSR count). The number of carbonyl (C=O) groups excluding carboxylic acids is 1. The van der Waals surface area contributed by atoms with E-state index in [1.54, 1.807) is 11.3 Å². The Hall–Kier alpha value is -1.50. The number of hydrazine groups is 1. The van der Waals surface area contributed by atoms with Crippen molar-refractivity contribution in [1.82, 2.24) is 20.7 Å². The second-order valence-electron chi connectivity index (χ2n) is 7.97. The highest BCUT2D eigenvalue weighted by atomic mass is 32.1. The fourth-order valence-electron chi connectivity index (χ4n) is 4.19. The molecule has 1 amide bonds. The minimum Gasteiger partial charge on any atom is -0.332 e. The third-order valence-electron chi connectivity index (χ3n) is 5.42. The summed E-state index contributed by atoms with van der Waals surface area (Å²) in [5.41, 5.74) is 7.62. The Balaban J connectivity index is 1.51. The van der Waals surface area contributed by atoms with E-state index < -0.39 is 0 Å². The van der Waals surface area contributed by atoms with Gasteiger partial charge in [-0.3, -0.25) is 10.2 Å². The smallest absolute Gasteiger partial charge is 0.241 e. The predicted molar refractivity (Wildman–Crippen MR) is 106 cm³/mol. The molecule has 2 saturated heterocycles. The van der Waals surface area contributed by atoms with Gasteiger partial charge in [0.15, 0.2) is 0 Å². The summed E-state index contributed by atoms with van der Waals surface area (Å²) in [5, 5.41) is 1.09. The van der Waals surface area contributed by atoms with Crippen LogP contribution in [0, 0.1) is 5.92 Å². The van der Waals surface area contributed by atoms with E-state index in [0.717, 1.165) is 49.2 Å². The van der Waals surface area contributed by atoms with Gasteiger partial charge < -0.3 is 4.90 Å². The molecular weight excluding hydrogens is 344 g/mol. The summed E-state index contributed by atoms with van der Waals surface area (Å²) in [4.78, 5) is 20.2. The Kier molecular flexibility index (Phi) is 5.25. The average Bonchev–Trinajstić information content (AvgIpc) is 3.27. The van der Waals surface area contributed by atoms with Crippen molar-refractivity contribution in [3.05, 3.63) is 29.3 Å². The summed E-state index contributed by atoms with van der Waals surface area (Å²) in [6.45, 7) is 5.29. The highest BCUT2D eigenvalue weighted by molar-refractivity contribution is 7.18. The lowest BCUT2D eigenvalue weighted by molar-refractivity contribution is -0.137. The molecule has 0 radical (unpaired) electrons. The second-order valence-corrected chi connectivity index (χ2v) is 9.03. The lowest BCUT2D eigenvalue weighted by atomic mass is 9.97. The minimum atomic E-state index is -0.117. The molecule has 0 saturated carbocycles. The van der Waals surface area contributed by atoms with Crippen molar-refractivity contribution in [2.75, 3.05) is 6.54 Å². The number of amides is 1. The SMILES string of the molecule is CC(C)CC1CC(C(=O)N2CCCCC2c2nc3ccccc3s2)NN1. The van der Waals surface area contributed by atoms with Crippen LogP contribution in [-0.2, 0) is 4.79 Å². The zero-order valence-corrected chi connectivity index (χ0v) is 16.4. The van der Waals surface area contributed by atoms with Crippen LogP contribution in [-0.4, -0.2) is 34.4 Å². The number of nitrogens with one attached hydrogen (secondary N) is 2. The van der Waals surface area contributed by atoms with Gasteiger partial charge in [-0.25, -0.2) is 10.4 Å². The number of para-hydroxylation sites is 1. The molecule has 0 aliphatic carbocycles. The Bertz CT molecular complexity index is 741. The largest absolute Gasteiger partial charge is 0.332 e. The van der Waals surface area contributed by atoms with Crippen LogP contribution in [0.2, 0.25) is 0 Å². The third kappa shape index (κ3) is 3.63. The monoisotopic (exact) mass is 372 g/mol. The van der Waals surface area contributed by atoms with Crippen LogP contribution in [0.1, 0.15) is 57.0 Å². The molecule has 3 unspecified atom stereocenters. The summed E-state index contributed by atoms with van der Waals surface area (Å²) >= 11 is 1.74. The number of carbonyl (C=O) groups is 1. The van der Waals surface area contributed by atoms with Crippen molar-refractivity contribution in [2.24, 2.45) is 5.92 Å². The first-order valence-corrected chi connectivity index (χ1v) is 10.6. The summed E-state index contributed by atoms with van der Waals surface area (Å²) in [6, 6.07) is 8.65. The first-order chi connectivity index (χ1) is 12.6. The molecule has 0 spiro atoms. The van der Waals surface area contributed by atoms with E-state index in [1.165, 1.54) is 4.70 Å². The number of nitrogens with zero attached hydrogens (tertiary/aromatic N) is 2. The van der Waals surface area contributed by atoms with Crippen LogP contribution in [0.4, 0.5) is 0 Å². The molecule has 2 N–H and O–H groups in total. The zero-order valence-electron chi connectivity index (χ0n) is 15.6. The maximum atomic E-state index is 13.2. The van der Waals surface area contributed by atoms with E-state index in [2.05, 4.69) is 47.8 Å². The van der Waals surface area contributed by atoms with Crippen molar-refractivity contribution < 1.29 is 4.79 Å². The van der Waals surface area contributed by atoms with Gasteiger partial charge >= 0.3 is 0 Å². The van der Waals surface area contributed by atoms with E-state index in [0.29, 0.717) is 12.0 Å². The standard InChI is InChI=1S/C20H28N4OS/c1-13(2)11-14-12-16(23-22-14)20(25)24-10-6-5-8-17(24)19-21-15-7-3-4-9-18(15)26-19/h3-4,7,9,13-14,16-17,22-23H,5-6,8,10-12H2,1-2H3. The minimum absolute atomic E-state index is 0.117. The van der Waals surface area contributed by atoms with Gasteiger partial charge in [-0.05, 0) is 50.2 Å². The van der Waals surface area contributed by atoms with Gasteiger partial charge in [0, 0.05) is 12.6 Å². The molecule has 1 aromatic carbocycles. The fraction of sp³-hybridized carbons (Fsp3) is 0.600. The number of aromatic nitrogens is 1. The Labute approximate surface area is 159 Å². The quantitative estimate of drug-likeness (QED) is 0.860. The predicted octanol–water partition coefficient (Wildman–Crippen LogP) is 3.63. The fourth-order valence-corrected chi connectivity index (χ4v) is 5.31. The van der Waals surface area contributed by atoms with E-state index in [9.17, 15) is 4.79 Å². The molecule has 140 valence electrons. The highest BCUT2D eigenvalue weighted by Gasteiger charge is 2.37. The first kappa shape index (κ1) is 17.9. The van der Waals surface area contributed by atoms with Crippen molar-refractivity contribution >= 4 is 27.5 Å². The van der Waals surface area contributed by atoms with Crippen LogP contribution >= 0.6 is 11.3 Å². The number of fused-ring (bicyclic) bond motifs is 1. The number of hydrogen-bond acceptors (Lipinski definition) is 5. The molecular formula is C20H28N4OS. The van der Waals surface area contributed by atoms with Crippen molar-refractivity contribution in [2.45, 2.75) is 64.1 Å². The van der Waals surface area contributed by atoms with Crippen LogP contribution < -0.4 is 10.9 Å². The van der Waals surface area contributed by atoms with Crippen molar-refractivity contribution in [1.29, 1.82) is 0 Å². The van der Waals surface area contributed by atoms with Gasteiger partial charge in [0.05, 0.1) is 16.3 Å². The van der Waals surface area contributed by atoms with Gasteiger partial charge in [-0.2, -0.15) is 0 Å². The molecule has 2 aromatic rings. The van der Waals surface area contributed by atoms with Crippen molar-refractivity contribution in [3.8, 4) is 0 Å². The lowest BCUT2D eigenvalue weighted by Crippen LogP contribution is -2.48. The highest BCUT2D eigenvalue weighted by Crippen LogP contribution is 2.36. The van der Waals surface area contributed by atoms with E-state index in [-0.39, 0.29) is 18.0 Å². The number of likely N-dealkylation sites (tertiary alicyclic amines) is 1. The number of thiazole rings is 1. The van der Waals surface area contributed by atoms with Gasteiger partial charge in [0.2, 0.25) is 5.91 Å². The topological polar surface area (TPSA) is 57.3 Å². The Morgan fingerprint density at radius 1 is 1.31 bits per heavy atom. The first-order valence-electron chi connectivity index (χ1n) is 9.79. The molecule has 0 bridgehead atoms. The third-order valence-corrected chi connectivity index (χ3v) is 6.55. The molecule has 5 nitrogen and oxygen atoms in total. The van der Waals surface area contributed by atoms with Crippen LogP contribution in [0.5, 0.6) is 0 Å². The second kappa shape index (κ2) is 7.62. The van der Waals surface area contributed by atoms with Crippen molar-refractivity contribution in [3.63, 3.8) is 0 Å². The maximum Gasteiger partial charge on any atom is 0.241 e. The lowest BCUT2D eigenvalue weighted by Gasteiger charge is -2.36. The van der Waals surface area contributed by atoms with Gasteiger partial charge in [-0.15, -0.1) is 11.3 Å². The molecule has 26 heavy (non-hydrogen) atoms. The average molecular weight is 373 g/mol. The molecule has 1 aromatic heterocycles. The number of rotatable bonds is 4. The molecule has 3 heterocycles. The Morgan fingerprint density at radius 2 is 2.15 bits per heavy atom. The van der Waals surface area contributed by atoms with E-state index >= 15 is 0 Å². The Morgan fingerprint density at radius 3 is 2.96 bits per heavy atom. The number of hydrogen-bond donors (Lipinski definition) is 2. The number of benzene rings is 1. The van der Waals surface area contributed by atoms with Crippen LogP contribution in [0.25, 0.3) is 10.2 Å². The van der Waals surface area contributed by atoms with E-state index in [4.69, 9.17) is 4.98 Å². The maximum absolute atomic E-state index is 13.2. The summed E-state index contributed by atoms with van der Waals surface area (Å²) in [6.07, 6.45) is 5.23. The van der Waals surface area contributed by atoms with Gasteiger partial charge in [-0.1, -0.05) is 26.0 Å². The summed E-state index contributed by atoms with van der Waals surface area (Å²) in [7, 11) is 0. The van der Waals surface area contributed by atoms with Gasteiger partial charge in [0.25, 0.3) is 0 Å². The molecule has 2 fully saturated rings.